The smallest absolute Gasteiger partial charge is 0.415 e. The lowest BCUT2D eigenvalue weighted by Gasteiger charge is -2.49. The van der Waals surface area contributed by atoms with Crippen LogP contribution < -0.4 is 4.90 Å². The van der Waals surface area contributed by atoms with E-state index in [-0.39, 0.29) is 11.7 Å². The minimum absolute atomic E-state index is 0.196. The predicted molar refractivity (Wildman–Crippen MR) is 93.3 cm³/mol. The Morgan fingerprint density at radius 2 is 2.04 bits per heavy atom. The van der Waals surface area contributed by atoms with Gasteiger partial charge in [0.15, 0.2) is 0 Å². The summed E-state index contributed by atoms with van der Waals surface area (Å²) in [6.45, 7) is 3.85. The Kier molecular flexibility index (Phi) is 3.18. The first-order valence-corrected chi connectivity index (χ1v) is 9.29. The number of anilines is 1. The zero-order valence-corrected chi connectivity index (χ0v) is 14.2. The van der Waals surface area contributed by atoms with Crippen molar-refractivity contribution in [1.82, 2.24) is 9.88 Å². The maximum Gasteiger partial charge on any atom is 0.415 e. The highest BCUT2D eigenvalue weighted by Crippen LogP contribution is 2.44. The highest BCUT2D eigenvalue weighted by molar-refractivity contribution is 7.19. The highest BCUT2D eigenvalue weighted by Gasteiger charge is 2.55. The largest absolute Gasteiger partial charge is 0.439 e. The van der Waals surface area contributed by atoms with Gasteiger partial charge >= 0.3 is 6.09 Å². The van der Waals surface area contributed by atoms with Gasteiger partial charge in [-0.1, -0.05) is 6.07 Å². The maximum absolute atomic E-state index is 12.5. The topological polar surface area (TPSA) is 45.7 Å². The summed E-state index contributed by atoms with van der Waals surface area (Å²) in [5.41, 5.74) is 0.641. The molecule has 5 nitrogen and oxygen atoms in total. The molecule has 1 atom stereocenters. The number of pyridine rings is 1. The first-order chi connectivity index (χ1) is 11.7. The second kappa shape index (κ2) is 5.29. The summed E-state index contributed by atoms with van der Waals surface area (Å²) >= 11 is 1.60. The Labute approximate surface area is 144 Å². The van der Waals surface area contributed by atoms with Crippen molar-refractivity contribution in [3.63, 3.8) is 0 Å². The number of rotatable bonds is 2. The number of hydrogen-bond acceptors (Lipinski definition) is 5. The summed E-state index contributed by atoms with van der Waals surface area (Å²) < 4.78 is 5.94. The Morgan fingerprint density at radius 3 is 2.75 bits per heavy atom. The average molecular weight is 341 g/mol. The molecule has 6 heteroatoms. The van der Waals surface area contributed by atoms with E-state index < -0.39 is 0 Å². The first kappa shape index (κ1) is 14.4. The minimum Gasteiger partial charge on any atom is -0.439 e. The van der Waals surface area contributed by atoms with Gasteiger partial charge in [-0.3, -0.25) is 14.8 Å². The van der Waals surface area contributed by atoms with E-state index >= 15 is 0 Å². The average Bonchev–Trinajstić information content (AvgIpc) is 3.22. The van der Waals surface area contributed by atoms with Crippen LogP contribution in [0, 0.1) is 5.92 Å². The van der Waals surface area contributed by atoms with Gasteiger partial charge in [0.25, 0.3) is 0 Å². The number of amides is 1. The summed E-state index contributed by atoms with van der Waals surface area (Å²) in [6, 6.07) is 9.93. The van der Waals surface area contributed by atoms with Crippen molar-refractivity contribution < 1.29 is 9.53 Å². The van der Waals surface area contributed by atoms with E-state index in [2.05, 4.69) is 9.88 Å². The van der Waals surface area contributed by atoms with Gasteiger partial charge in [0, 0.05) is 18.7 Å². The second-order valence-corrected chi connectivity index (χ2v) is 7.98. The van der Waals surface area contributed by atoms with E-state index in [1.54, 1.807) is 17.5 Å². The molecule has 4 saturated heterocycles. The van der Waals surface area contributed by atoms with Gasteiger partial charge in [-0.25, -0.2) is 4.79 Å². The standard InChI is InChI=1S/C18H19N3O2S/c22-17-21(12-18(23-17)11-20-9-6-13(18)7-10-20)16-5-4-15(24-16)14-3-1-2-8-19-14/h1-5,8,13H,6-7,9-12H2. The quantitative estimate of drug-likeness (QED) is 0.841. The molecule has 1 unspecified atom stereocenters. The second-order valence-electron chi connectivity index (χ2n) is 6.92. The molecule has 4 fully saturated rings. The molecule has 2 aromatic rings. The summed E-state index contributed by atoms with van der Waals surface area (Å²) in [5, 5.41) is 0.953. The molecular weight excluding hydrogens is 322 g/mol. The lowest BCUT2D eigenvalue weighted by molar-refractivity contribution is -0.0881. The number of nitrogens with zero attached hydrogens (tertiary/aromatic N) is 3. The van der Waals surface area contributed by atoms with Gasteiger partial charge in [0.2, 0.25) is 0 Å². The molecule has 4 aliphatic rings. The van der Waals surface area contributed by atoms with Crippen LogP contribution in [0.5, 0.6) is 0 Å². The monoisotopic (exact) mass is 341 g/mol. The third-order valence-corrected chi connectivity index (χ3v) is 6.67. The van der Waals surface area contributed by atoms with Crippen molar-refractivity contribution in [2.45, 2.75) is 18.4 Å². The molecule has 0 N–H and O–H groups in total. The van der Waals surface area contributed by atoms with Crippen LogP contribution in [0.4, 0.5) is 9.80 Å². The number of carbonyl (C=O) groups is 1. The van der Waals surface area contributed by atoms with E-state index in [1.807, 2.05) is 35.2 Å². The normalized spacial score (nSPS) is 31.7. The van der Waals surface area contributed by atoms with Gasteiger partial charge in [-0.05, 0) is 50.2 Å². The lowest BCUT2D eigenvalue weighted by atomic mass is 9.75. The molecule has 6 heterocycles. The van der Waals surface area contributed by atoms with E-state index in [4.69, 9.17) is 4.74 Å². The van der Waals surface area contributed by atoms with Crippen LogP contribution in [0.2, 0.25) is 0 Å². The fourth-order valence-electron chi connectivity index (χ4n) is 4.30. The molecule has 2 aromatic heterocycles. The van der Waals surface area contributed by atoms with Crippen LogP contribution >= 0.6 is 11.3 Å². The molecule has 6 rings (SSSR count). The van der Waals surface area contributed by atoms with E-state index in [0.717, 1.165) is 48.0 Å². The van der Waals surface area contributed by atoms with Crippen LogP contribution in [0.3, 0.4) is 0 Å². The molecule has 24 heavy (non-hydrogen) atoms. The van der Waals surface area contributed by atoms with Gasteiger partial charge in [0.1, 0.15) is 10.6 Å². The Morgan fingerprint density at radius 1 is 1.17 bits per heavy atom. The third kappa shape index (κ3) is 2.17. The van der Waals surface area contributed by atoms with Crippen molar-refractivity contribution in [2.24, 2.45) is 5.92 Å². The van der Waals surface area contributed by atoms with Crippen LogP contribution in [-0.2, 0) is 4.74 Å². The number of aromatic nitrogens is 1. The molecule has 4 aliphatic heterocycles. The van der Waals surface area contributed by atoms with Crippen LogP contribution in [0.1, 0.15) is 12.8 Å². The molecule has 124 valence electrons. The fourth-order valence-corrected chi connectivity index (χ4v) is 5.27. The first-order valence-electron chi connectivity index (χ1n) is 8.48. The van der Waals surface area contributed by atoms with Crippen LogP contribution in [0.15, 0.2) is 36.5 Å². The van der Waals surface area contributed by atoms with Crippen LogP contribution in [-0.4, -0.2) is 47.8 Å². The zero-order chi connectivity index (χ0) is 16.1. The van der Waals surface area contributed by atoms with Gasteiger partial charge in [0.05, 0.1) is 17.1 Å². The number of hydrogen-bond donors (Lipinski definition) is 0. The van der Waals surface area contributed by atoms with Crippen molar-refractivity contribution in [3.8, 4) is 10.6 Å². The molecule has 0 radical (unpaired) electrons. The maximum atomic E-state index is 12.5. The fraction of sp³-hybridized carbons (Fsp3) is 0.444. The van der Waals surface area contributed by atoms with Crippen molar-refractivity contribution in [2.75, 3.05) is 31.1 Å². The predicted octanol–water partition coefficient (Wildman–Crippen LogP) is 3.23. The summed E-state index contributed by atoms with van der Waals surface area (Å²) in [5.74, 6) is 0.506. The van der Waals surface area contributed by atoms with Crippen molar-refractivity contribution in [3.05, 3.63) is 36.5 Å². The van der Waals surface area contributed by atoms with Crippen molar-refractivity contribution >= 4 is 22.4 Å². The number of ether oxygens (including phenoxy) is 1. The summed E-state index contributed by atoms with van der Waals surface area (Å²) in [4.78, 5) is 22.3. The van der Waals surface area contributed by atoms with Crippen molar-refractivity contribution in [1.29, 1.82) is 0 Å². The SMILES string of the molecule is O=C1OC2(CN3CCC2CC3)CN1c1ccc(-c2ccccn2)s1. The summed E-state index contributed by atoms with van der Waals surface area (Å²) in [6.07, 6.45) is 3.88. The van der Waals surface area contributed by atoms with E-state index in [0.29, 0.717) is 12.5 Å². The van der Waals surface area contributed by atoms with Gasteiger partial charge in [-0.2, -0.15) is 0 Å². The molecule has 0 aliphatic carbocycles. The molecule has 2 bridgehead atoms. The Hall–Kier alpha value is -1.92. The molecule has 0 saturated carbocycles. The Balaban J connectivity index is 1.42. The molecule has 0 aromatic carbocycles. The zero-order valence-electron chi connectivity index (χ0n) is 13.4. The molecule has 1 amide bonds. The minimum atomic E-state index is -0.303. The van der Waals surface area contributed by atoms with Gasteiger partial charge in [-0.15, -0.1) is 11.3 Å². The molecule has 1 spiro atoms. The van der Waals surface area contributed by atoms with E-state index in [1.165, 1.54) is 0 Å². The number of piperidine rings is 3. The number of carbonyl (C=O) groups excluding carboxylic acids is 1. The van der Waals surface area contributed by atoms with Gasteiger partial charge < -0.3 is 4.74 Å². The summed E-state index contributed by atoms with van der Waals surface area (Å²) in [7, 11) is 0. The molecular formula is C18H19N3O2S. The van der Waals surface area contributed by atoms with Crippen LogP contribution in [0.25, 0.3) is 10.6 Å². The highest BCUT2D eigenvalue weighted by atomic mass is 32.1. The number of thiophene rings is 1. The third-order valence-electron chi connectivity index (χ3n) is 5.53. The lowest BCUT2D eigenvalue weighted by Crippen LogP contribution is -2.61. The van der Waals surface area contributed by atoms with E-state index in [9.17, 15) is 4.79 Å². The Bertz CT molecular complexity index is 770. The number of fused-ring (bicyclic) bond motifs is 2.